The highest BCUT2D eigenvalue weighted by Gasteiger charge is 1.93. The summed E-state index contributed by atoms with van der Waals surface area (Å²) in [6.45, 7) is -0.740. The molecule has 0 bridgehead atoms. The molecule has 0 aliphatic heterocycles. The van der Waals surface area contributed by atoms with Crippen molar-refractivity contribution in [1.29, 1.82) is 0 Å². The van der Waals surface area contributed by atoms with E-state index in [1.807, 2.05) is 0 Å². The fourth-order valence-electron chi connectivity index (χ4n) is 0.0630. The molecule has 1 nitrogen and oxygen atoms in total. The van der Waals surface area contributed by atoms with Crippen LogP contribution in [0.1, 0.15) is 0 Å². The van der Waals surface area contributed by atoms with Crippen molar-refractivity contribution in [2.45, 2.75) is 12.4 Å². The number of aliphatic hydroxyl groups excluding tert-OH is 1. The molecule has 0 rings (SSSR count). The van der Waals surface area contributed by atoms with Crippen molar-refractivity contribution in [1.82, 2.24) is 0 Å². The quantitative estimate of drug-likeness (QED) is 0.467. The van der Waals surface area contributed by atoms with Gasteiger partial charge in [0, 0.05) is 0 Å². The average molecular weight is 87.9 g/mol. The van der Waals surface area contributed by atoms with E-state index in [1.54, 1.807) is 0 Å². The van der Waals surface area contributed by atoms with Crippen LogP contribution in [0.25, 0.3) is 0 Å². The monoisotopic (exact) mass is 88.0 g/mol. The molecule has 0 saturated heterocycles. The first-order valence-electron chi connectivity index (χ1n) is 1.75. The van der Waals surface area contributed by atoms with E-state index in [4.69, 9.17) is 13.0 Å². The molecule has 0 aliphatic carbocycles. The van der Waals surface area contributed by atoms with Crippen LogP contribution < -0.4 is 0 Å². The van der Waals surface area contributed by atoms with E-state index in [9.17, 15) is 4.39 Å². The fourth-order valence-corrected chi connectivity index (χ4v) is 0.0630. The Labute approximate surface area is 37.6 Å². The van der Waals surface area contributed by atoms with Crippen molar-refractivity contribution < 1.29 is 9.50 Å². The number of aliphatic hydroxyl groups is 1. The van der Waals surface area contributed by atoms with Crippen LogP contribution in [0.2, 0.25) is 6.32 Å². The first-order chi connectivity index (χ1) is 2.81. The van der Waals surface area contributed by atoms with Crippen molar-refractivity contribution in [3.05, 3.63) is 0 Å². The first kappa shape index (κ1) is 5.95. The number of hydrogen-bond donors (Lipinski definition) is 1. The number of rotatable bonds is 2. The smallest absolute Gasteiger partial charge is 0.115 e. The SMILES string of the molecule is [B]CC(O)CF. The van der Waals surface area contributed by atoms with Gasteiger partial charge in [0.2, 0.25) is 0 Å². The molecule has 1 unspecified atom stereocenters. The van der Waals surface area contributed by atoms with Gasteiger partial charge in [-0.1, -0.05) is 6.32 Å². The van der Waals surface area contributed by atoms with E-state index in [1.165, 1.54) is 0 Å². The molecule has 34 valence electrons. The van der Waals surface area contributed by atoms with Gasteiger partial charge in [-0.25, -0.2) is 4.39 Å². The number of hydrogen-bond acceptors (Lipinski definition) is 1. The molecule has 0 aliphatic rings. The van der Waals surface area contributed by atoms with Crippen molar-refractivity contribution in [2.24, 2.45) is 0 Å². The summed E-state index contributed by atoms with van der Waals surface area (Å²) in [5, 5.41) is 8.17. The van der Waals surface area contributed by atoms with Crippen LogP contribution in [0.5, 0.6) is 0 Å². The van der Waals surface area contributed by atoms with E-state index >= 15 is 0 Å². The Hall–Kier alpha value is -0.0451. The second-order valence-corrected chi connectivity index (χ2v) is 1.04. The summed E-state index contributed by atoms with van der Waals surface area (Å²) in [7, 11) is 4.79. The highest BCUT2D eigenvalue weighted by Crippen LogP contribution is 1.85. The Morgan fingerprint density at radius 1 is 1.83 bits per heavy atom. The lowest BCUT2D eigenvalue weighted by molar-refractivity contribution is 0.158. The lowest BCUT2D eigenvalue weighted by Crippen LogP contribution is -2.06. The van der Waals surface area contributed by atoms with Crippen LogP contribution >= 0.6 is 0 Å². The Kier molecular flexibility index (Phi) is 3.13. The maximum Gasteiger partial charge on any atom is 0.115 e. The predicted octanol–water partition coefficient (Wildman–Crippen LogP) is -0.0964. The fraction of sp³-hybridized carbons (Fsp3) is 1.00. The van der Waals surface area contributed by atoms with E-state index in [0.29, 0.717) is 0 Å². The van der Waals surface area contributed by atoms with Gasteiger partial charge in [-0.3, -0.25) is 0 Å². The molecular weight excluding hydrogens is 81.8 g/mol. The summed E-state index contributed by atoms with van der Waals surface area (Å²) < 4.78 is 11.1. The van der Waals surface area contributed by atoms with Crippen LogP contribution in [0.4, 0.5) is 4.39 Å². The topological polar surface area (TPSA) is 20.2 Å². The van der Waals surface area contributed by atoms with Gasteiger partial charge in [0.1, 0.15) is 6.67 Å². The predicted molar refractivity (Wildman–Crippen MR) is 22.5 cm³/mol. The van der Waals surface area contributed by atoms with Gasteiger partial charge in [0.25, 0.3) is 0 Å². The van der Waals surface area contributed by atoms with Crippen molar-refractivity contribution >= 4 is 7.85 Å². The lowest BCUT2D eigenvalue weighted by atomic mass is 10.0. The molecule has 0 aromatic carbocycles. The third-order valence-corrected chi connectivity index (χ3v) is 0.450. The van der Waals surface area contributed by atoms with Gasteiger partial charge < -0.3 is 5.11 Å². The summed E-state index contributed by atoms with van der Waals surface area (Å²) in [6, 6.07) is 0. The molecule has 0 heterocycles. The van der Waals surface area contributed by atoms with Gasteiger partial charge in [-0.15, -0.1) is 0 Å². The molecule has 0 aromatic heterocycles. The van der Waals surface area contributed by atoms with E-state index in [0.717, 1.165) is 0 Å². The van der Waals surface area contributed by atoms with Crippen molar-refractivity contribution in [2.75, 3.05) is 6.67 Å². The Bertz CT molecular complexity index is 30.0. The minimum Gasteiger partial charge on any atom is -0.391 e. The molecular formula is C3H6BFO. The third-order valence-electron chi connectivity index (χ3n) is 0.450. The molecule has 2 radical (unpaired) electrons. The van der Waals surface area contributed by atoms with E-state index in [2.05, 4.69) is 0 Å². The maximum atomic E-state index is 11.1. The van der Waals surface area contributed by atoms with E-state index in [-0.39, 0.29) is 6.32 Å². The van der Waals surface area contributed by atoms with Gasteiger partial charge in [0.15, 0.2) is 0 Å². The molecule has 0 spiro atoms. The second-order valence-electron chi connectivity index (χ2n) is 1.04. The van der Waals surface area contributed by atoms with E-state index < -0.39 is 12.8 Å². The standard InChI is InChI=1S/C3H6BFO/c4-1-3(6)2-5/h3,6H,1-2H2. The molecule has 3 heteroatoms. The lowest BCUT2D eigenvalue weighted by Gasteiger charge is -1.95. The molecule has 1 atom stereocenters. The van der Waals surface area contributed by atoms with Crippen LogP contribution in [-0.4, -0.2) is 25.7 Å². The molecule has 0 amide bonds. The summed E-state index contributed by atoms with van der Waals surface area (Å²) >= 11 is 0. The highest BCUT2D eigenvalue weighted by molar-refractivity contribution is 6.08. The Morgan fingerprint density at radius 2 is 2.33 bits per heavy atom. The zero-order valence-electron chi connectivity index (χ0n) is 3.39. The molecule has 1 N–H and O–H groups in total. The van der Waals surface area contributed by atoms with Gasteiger partial charge in [-0.2, -0.15) is 0 Å². The highest BCUT2D eigenvalue weighted by atomic mass is 19.1. The van der Waals surface area contributed by atoms with Crippen molar-refractivity contribution in [3.8, 4) is 0 Å². The zero-order chi connectivity index (χ0) is 4.99. The summed E-state index contributed by atoms with van der Waals surface area (Å²) in [5.74, 6) is 0. The van der Waals surface area contributed by atoms with Crippen LogP contribution in [-0.2, 0) is 0 Å². The Balaban J connectivity index is 2.75. The average Bonchev–Trinajstić information content (AvgIpc) is 1.65. The molecule has 0 fully saturated rings. The largest absolute Gasteiger partial charge is 0.391 e. The first-order valence-corrected chi connectivity index (χ1v) is 1.75. The van der Waals surface area contributed by atoms with Crippen LogP contribution in [0.15, 0.2) is 0 Å². The van der Waals surface area contributed by atoms with Gasteiger partial charge in [-0.05, 0) is 0 Å². The van der Waals surface area contributed by atoms with Crippen LogP contribution in [0, 0.1) is 0 Å². The van der Waals surface area contributed by atoms with Crippen molar-refractivity contribution in [3.63, 3.8) is 0 Å². The molecule has 0 aromatic rings. The number of halogens is 1. The molecule has 0 saturated carbocycles. The summed E-state index contributed by atoms with van der Waals surface area (Å²) in [4.78, 5) is 0. The summed E-state index contributed by atoms with van der Waals surface area (Å²) in [6.07, 6.45) is -0.943. The minimum absolute atomic E-state index is 0.0104. The normalized spacial score (nSPS) is 14.3. The summed E-state index contributed by atoms with van der Waals surface area (Å²) in [5.41, 5.74) is 0. The third kappa shape index (κ3) is 2.21. The van der Waals surface area contributed by atoms with Crippen LogP contribution in [0.3, 0.4) is 0 Å². The second kappa shape index (κ2) is 3.16. The maximum absolute atomic E-state index is 11.1. The zero-order valence-corrected chi connectivity index (χ0v) is 3.39. The number of alkyl halides is 1. The Morgan fingerprint density at radius 3 is 2.33 bits per heavy atom. The minimum atomic E-state index is -0.954. The molecule has 6 heavy (non-hydrogen) atoms. The van der Waals surface area contributed by atoms with Gasteiger partial charge >= 0.3 is 0 Å². The van der Waals surface area contributed by atoms with Gasteiger partial charge in [0.05, 0.1) is 14.0 Å².